The summed E-state index contributed by atoms with van der Waals surface area (Å²) < 4.78 is 27.8. The first kappa shape index (κ1) is 13.4. The summed E-state index contributed by atoms with van der Waals surface area (Å²) in [5.41, 5.74) is 0.727. The van der Waals surface area contributed by atoms with Gasteiger partial charge in [-0.25, -0.2) is 8.42 Å². The van der Waals surface area contributed by atoms with Gasteiger partial charge in [-0.2, -0.15) is 0 Å². The van der Waals surface area contributed by atoms with Gasteiger partial charge < -0.3 is 4.74 Å². The van der Waals surface area contributed by atoms with Gasteiger partial charge in [-0.1, -0.05) is 30.3 Å². The molecule has 0 spiro atoms. The molecule has 1 aromatic carbocycles. The normalized spacial score (nSPS) is 11.6. The minimum Gasteiger partial charge on any atom is -0.462 e. The zero-order chi connectivity index (χ0) is 12.7. The molecule has 1 aromatic rings. The minimum absolute atomic E-state index is 0.0245. The predicted molar refractivity (Wildman–Crippen MR) is 64.8 cm³/mol. The molecule has 1 rings (SSSR count). The molecule has 4 nitrogen and oxygen atoms in total. The number of esters is 1. The largest absolute Gasteiger partial charge is 0.462 e. The van der Waals surface area contributed by atoms with Crippen molar-refractivity contribution in [2.24, 2.45) is 0 Å². The molecule has 0 saturated heterocycles. The Kier molecular flexibility index (Phi) is 4.90. The standard InChI is InChI=1S/C12H14O4S/c1-11(13)16-8-5-9-17(14,15)10-12-6-3-2-4-7-12/h2-7,9H,8,10H2,1H3/b9-5+. The third-order valence-electron chi connectivity index (χ3n) is 1.90. The van der Waals surface area contributed by atoms with Crippen LogP contribution in [-0.2, 0) is 25.1 Å². The van der Waals surface area contributed by atoms with Crippen LogP contribution in [0.25, 0.3) is 0 Å². The number of carbonyl (C=O) groups excluding carboxylic acids is 1. The summed E-state index contributed by atoms with van der Waals surface area (Å²) in [5.74, 6) is -0.486. The van der Waals surface area contributed by atoms with Gasteiger partial charge in [-0.15, -0.1) is 0 Å². The van der Waals surface area contributed by atoms with Gasteiger partial charge in [0.05, 0.1) is 5.75 Å². The summed E-state index contributed by atoms with van der Waals surface area (Å²) >= 11 is 0. The van der Waals surface area contributed by atoms with E-state index in [4.69, 9.17) is 0 Å². The highest BCUT2D eigenvalue weighted by Gasteiger charge is 2.06. The van der Waals surface area contributed by atoms with Gasteiger partial charge in [0, 0.05) is 12.3 Å². The zero-order valence-corrected chi connectivity index (χ0v) is 10.3. The Labute approximate surface area is 101 Å². The van der Waals surface area contributed by atoms with Crippen LogP contribution in [0.2, 0.25) is 0 Å². The molecule has 0 aliphatic heterocycles. The summed E-state index contributed by atoms with van der Waals surface area (Å²) in [6.07, 6.45) is 1.32. The van der Waals surface area contributed by atoms with Gasteiger partial charge in [-0.05, 0) is 11.6 Å². The van der Waals surface area contributed by atoms with Crippen molar-refractivity contribution in [3.8, 4) is 0 Å². The fourth-order valence-corrected chi connectivity index (χ4v) is 2.33. The molecule has 0 aliphatic rings. The lowest BCUT2D eigenvalue weighted by Gasteiger charge is -1.99. The van der Waals surface area contributed by atoms with Gasteiger partial charge in [0.25, 0.3) is 0 Å². The van der Waals surface area contributed by atoms with Crippen molar-refractivity contribution in [1.82, 2.24) is 0 Å². The molecule has 5 heteroatoms. The van der Waals surface area contributed by atoms with Crippen molar-refractivity contribution in [1.29, 1.82) is 0 Å². The monoisotopic (exact) mass is 254 g/mol. The first-order valence-corrected chi connectivity index (χ1v) is 6.78. The average molecular weight is 254 g/mol. The van der Waals surface area contributed by atoms with E-state index in [2.05, 4.69) is 4.74 Å². The average Bonchev–Trinajstić information content (AvgIpc) is 2.25. The molecular weight excluding hydrogens is 240 g/mol. The second kappa shape index (κ2) is 6.20. The first-order chi connectivity index (χ1) is 7.99. The molecule has 17 heavy (non-hydrogen) atoms. The molecule has 0 amide bonds. The highest BCUT2D eigenvalue weighted by Crippen LogP contribution is 2.06. The fourth-order valence-electron chi connectivity index (χ4n) is 1.21. The Morgan fingerprint density at radius 2 is 1.94 bits per heavy atom. The number of hydrogen-bond acceptors (Lipinski definition) is 4. The first-order valence-electron chi connectivity index (χ1n) is 5.06. The number of carbonyl (C=O) groups is 1. The number of benzene rings is 1. The molecule has 0 unspecified atom stereocenters. The molecule has 0 radical (unpaired) electrons. The number of rotatable bonds is 5. The van der Waals surface area contributed by atoms with Crippen molar-refractivity contribution >= 4 is 15.8 Å². The van der Waals surface area contributed by atoms with E-state index in [0.29, 0.717) is 0 Å². The Morgan fingerprint density at radius 3 is 2.53 bits per heavy atom. The maximum absolute atomic E-state index is 11.6. The van der Waals surface area contributed by atoms with Crippen LogP contribution in [0.3, 0.4) is 0 Å². The summed E-state index contributed by atoms with van der Waals surface area (Å²) in [5, 5.41) is 1.07. The topological polar surface area (TPSA) is 60.4 Å². The smallest absolute Gasteiger partial charge is 0.302 e. The van der Waals surface area contributed by atoms with E-state index >= 15 is 0 Å². The SMILES string of the molecule is CC(=O)OC/C=C/S(=O)(=O)Cc1ccccc1. The Hall–Kier alpha value is -1.62. The van der Waals surface area contributed by atoms with Crippen LogP contribution in [0.4, 0.5) is 0 Å². The minimum atomic E-state index is -3.30. The summed E-state index contributed by atoms with van der Waals surface area (Å²) in [6, 6.07) is 8.89. The van der Waals surface area contributed by atoms with Crippen LogP contribution in [0, 0.1) is 0 Å². The Bertz CT molecular complexity index is 488. The zero-order valence-electron chi connectivity index (χ0n) is 9.50. The molecular formula is C12H14O4S. The number of ether oxygens (including phenoxy) is 1. The number of sulfone groups is 1. The molecule has 92 valence electrons. The quantitative estimate of drug-likeness (QED) is 0.750. The second-order valence-electron chi connectivity index (χ2n) is 3.47. The van der Waals surface area contributed by atoms with Crippen molar-refractivity contribution in [2.75, 3.05) is 6.61 Å². The highest BCUT2D eigenvalue weighted by molar-refractivity contribution is 7.93. The maximum Gasteiger partial charge on any atom is 0.302 e. The molecule has 0 saturated carbocycles. The lowest BCUT2D eigenvalue weighted by Crippen LogP contribution is -2.02. The third-order valence-corrected chi connectivity index (χ3v) is 3.24. The van der Waals surface area contributed by atoms with Crippen LogP contribution in [-0.4, -0.2) is 21.0 Å². The van der Waals surface area contributed by atoms with E-state index in [1.165, 1.54) is 13.0 Å². The summed E-state index contributed by atoms with van der Waals surface area (Å²) in [6.45, 7) is 1.25. The van der Waals surface area contributed by atoms with E-state index < -0.39 is 15.8 Å². The molecule has 0 atom stereocenters. The third kappa shape index (κ3) is 5.87. The van der Waals surface area contributed by atoms with Crippen molar-refractivity contribution < 1.29 is 17.9 Å². The summed E-state index contributed by atoms with van der Waals surface area (Å²) in [7, 11) is -3.30. The Balaban J connectivity index is 2.55. The van der Waals surface area contributed by atoms with E-state index in [1.54, 1.807) is 24.3 Å². The predicted octanol–water partition coefficient (Wildman–Crippen LogP) is 1.68. The van der Waals surface area contributed by atoms with Crippen LogP contribution < -0.4 is 0 Å². The van der Waals surface area contributed by atoms with Gasteiger partial charge >= 0.3 is 5.97 Å². The fraction of sp³-hybridized carbons (Fsp3) is 0.250. The molecule has 0 heterocycles. The lowest BCUT2D eigenvalue weighted by molar-refractivity contribution is -0.139. The van der Waals surface area contributed by atoms with Crippen molar-refractivity contribution in [3.63, 3.8) is 0 Å². The second-order valence-corrected chi connectivity index (χ2v) is 5.35. The van der Waals surface area contributed by atoms with Gasteiger partial charge in [0.2, 0.25) is 0 Å². The molecule has 0 fully saturated rings. The highest BCUT2D eigenvalue weighted by atomic mass is 32.2. The molecule has 0 aliphatic carbocycles. The van der Waals surface area contributed by atoms with E-state index in [9.17, 15) is 13.2 Å². The van der Waals surface area contributed by atoms with Crippen LogP contribution in [0.1, 0.15) is 12.5 Å². The van der Waals surface area contributed by atoms with Gasteiger partial charge in [-0.3, -0.25) is 4.79 Å². The van der Waals surface area contributed by atoms with Gasteiger partial charge in [0.15, 0.2) is 9.84 Å². The Morgan fingerprint density at radius 1 is 1.29 bits per heavy atom. The van der Waals surface area contributed by atoms with Crippen LogP contribution in [0.5, 0.6) is 0 Å². The van der Waals surface area contributed by atoms with Gasteiger partial charge in [0.1, 0.15) is 6.61 Å². The van der Waals surface area contributed by atoms with E-state index in [-0.39, 0.29) is 12.4 Å². The van der Waals surface area contributed by atoms with Crippen LogP contribution in [0.15, 0.2) is 41.8 Å². The summed E-state index contributed by atoms with van der Waals surface area (Å²) in [4.78, 5) is 10.5. The van der Waals surface area contributed by atoms with Crippen LogP contribution >= 0.6 is 0 Å². The number of hydrogen-bond donors (Lipinski definition) is 0. The van der Waals surface area contributed by atoms with Crippen molar-refractivity contribution in [2.45, 2.75) is 12.7 Å². The molecule has 0 bridgehead atoms. The molecule has 0 N–H and O–H groups in total. The van der Waals surface area contributed by atoms with E-state index in [1.807, 2.05) is 6.07 Å². The lowest BCUT2D eigenvalue weighted by atomic mass is 10.2. The van der Waals surface area contributed by atoms with Crippen molar-refractivity contribution in [3.05, 3.63) is 47.4 Å². The maximum atomic E-state index is 11.6. The van der Waals surface area contributed by atoms with E-state index in [0.717, 1.165) is 11.0 Å². The molecule has 0 aromatic heterocycles.